The molecular formula is C22H17N3O4S2. The molecule has 1 aliphatic heterocycles. The number of ether oxygens (including phenoxy) is 1. The number of hydrogen-bond donors (Lipinski definition) is 1. The molecule has 2 aromatic carbocycles. The molecule has 1 saturated heterocycles. The summed E-state index contributed by atoms with van der Waals surface area (Å²) in [4.78, 5) is 25.2. The Kier molecular flexibility index (Phi) is 5.88. The highest BCUT2D eigenvalue weighted by molar-refractivity contribution is 8.26. The van der Waals surface area contributed by atoms with E-state index in [0.717, 1.165) is 33.7 Å². The predicted octanol–water partition coefficient (Wildman–Crippen LogP) is 3.83. The number of para-hydroxylation sites is 1. The van der Waals surface area contributed by atoms with Gasteiger partial charge in [-0.15, -0.1) is 0 Å². The Morgan fingerprint density at radius 1 is 1.19 bits per heavy atom. The molecule has 0 radical (unpaired) electrons. The monoisotopic (exact) mass is 451 g/mol. The minimum atomic E-state index is -1.12. The fraction of sp³-hybridized carbons (Fsp3) is 0.0909. The fourth-order valence-corrected chi connectivity index (χ4v) is 4.34. The van der Waals surface area contributed by atoms with Gasteiger partial charge in [0.2, 0.25) is 0 Å². The quantitative estimate of drug-likeness (QED) is 0.450. The summed E-state index contributed by atoms with van der Waals surface area (Å²) in [6.45, 7) is -0.462. The first-order chi connectivity index (χ1) is 15.0. The minimum Gasteiger partial charge on any atom is -0.497 e. The molecule has 0 unspecified atom stereocenters. The van der Waals surface area contributed by atoms with Crippen molar-refractivity contribution in [1.82, 2.24) is 14.7 Å². The van der Waals surface area contributed by atoms with E-state index < -0.39 is 18.4 Å². The van der Waals surface area contributed by atoms with Gasteiger partial charge in [-0.2, -0.15) is 5.10 Å². The van der Waals surface area contributed by atoms with Gasteiger partial charge in [0.1, 0.15) is 16.6 Å². The van der Waals surface area contributed by atoms with E-state index in [4.69, 9.17) is 27.2 Å². The van der Waals surface area contributed by atoms with Crippen molar-refractivity contribution in [2.24, 2.45) is 0 Å². The number of aliphatic carboxylic acids is 1. The fourth-order valence-electron chi connectivity index (χ4n) is 3.09. The molecule has 0 atom stereocenters. The molecule has 7 nitrogen and oxygen atoms in total. The maximum Gasteiger partial charge on any atom is 0.323 e. The van der Waals surface area contributed by atoms with Crippen LogP contribution in [0.2, 0.25) is 0 Å². The second-order valence-corrected chi connectivity index (χ2v) is 8.28. The van der Waals surface area contributed by atoms with Crippen LogP contribution in [0.4, 0.5) is 0 Å². The number of carboxylic acid groups (broad SMARTS) is 1. The largest absolute Gasteiger partial charge is 0.497 e. The molecule has 0 saturated carbocycles. The van der Waals surface area contributed by atoms with Crippen LogP contribution in [-0.4, -0.2) is 49.6 Å². The van der Waals surface area contributed by atoms with Gasteiger partial charge < -0.3 is 9.84 Å². The number of methoxy groups -OCH3 is 1. The Morgan fingerprint density at radius 3 is 2.55 bits per heavy atom. The SMILES string of the molecule is COc1ccc(-c2nn(-c3ccccc3)cc2/C=C2/SC(=S)N(CC(=O)O)C2=O)cc1. The lowest BCUT2D eigenvalue weighted by molar-refractivity contribution is -0.140. The summed E-state index contributed by atoms with van der Waals surface area (Å²) in [5.41, 5.74) is 3.11. The third-order valence-corrected chi connectivity index (χ3v) is 5.96. The molecule has 0 spiro atoms. The number of benzene rings is 2. The number of hydrogen-bond acceptors (Lipinski definition) is 6. The Morgan fingerprint density at radius 2 is 1.90 bits per heavy atom. The van der Waals surface area contributed by atoms with Gasteiger partial charge in [0, 0.05) is 17.3 Å². The van der Waals surface area contributed by atoms with Gasteiger partial charge in [-0.3, -0.25) is 14.5 Å². The zero-order valence-corrected chi connectivity index (χ0v) is 18.0. The van der Waals surface area contributed by atoms with E-state index in [1.165, 1.54) is 0 Å². The highest BCUT2D eigenvalue weighted by atomic mass is 32.2. The Labute approximate surface area is 187 Å². The highest BCUT2D eigenvalue weighted by Crippen LogP contribution is 2.35. The summed E-state index contributed by atoms with van der Waals surface area (Å²) in [6, 6.07) is 17.1. The molecule has 2 heterocycles. The lowest BCUT2D eigenvalue weighted by atomic mass is 10.1. The van der Waals surface area contributed by atoms with E-state index in [1.54, 1.807) is 17.9 Å². The first kappa shape index (κ1) is 20.8. The molecule has 1 aromatic heterocycles. The lowest BCUT2D eigenvalue weighted by Gasteiger charge is -2.10. The number of thioether (sulfide) groups is 1. The first-order valence-electron chi connectivity index (χ1n) is 9.23. The van der Waals surface area contributed by atoms with Crippen molar-refractivity contribution < 1.29 is 19.4 Å². The van der Waals surface area contributed by atoms with Crippen LogP contribution in [0, 0.1) is 0 Å². The Hall–Kier alpha value is -3.43. The van der Waals surface area contributed by atoms with Gasteiger partial charge in [-0.05, 0) is 42.5 Å². The van der Waals surface area contributed by atoms with Gasteiger partial charge in [0.05, 0.1) is 23.4 Å². The van der Waals surface area contributed by atoms with E-state index in [9.17, 15) is 9.59 Å². The molecule has 1 amide bonds. The topological polar surface area (TPSA) is 84.7 Å². The van der Waals surface area contributed by atoms with Crippen molar-refractivity contribution in [2.75, 3.05) is 13.7 Å². The molecule has 31 heavy (non-hydrogen) atoms. The number of carbonyl (C=O) groups excluding carboxylic acids is 1. The molecule has 9 heteroatoms. The van der Waals surface area contributed by atoms with Gasteiger partial charge >= 0.3 is 5.97 Å². The predicted molar refractivity (Wildman–Crippen MR) is 123 cm³/mol. The van der Waals surface area contributed by atoms with Crippen molar-refractivity contribution in [3.05, 3.63) is 71.3 Å². The van der Waals surface area contributed by atoms with Gasteiger partial charge in [0.15, 0.2) is 0 Å². The van der Waals surface area contributed by atoms with Crippen LogP contribution < -0.4 is 4.74 Å². The number of nitrogens with zero attached hydrogens (tertiary/aromatic N) is 3. The van der Waals surface area contributed by atoms with Crippen molar-refractivity contribution in [1.29, 1.82) is 0 Å². The summed E-state index contributed by atoms with van der Waals surface area (Å²) < 4.78 is 7.20. The van der Waals surface area contributed by atoms with Gasteiger partial charge in [0.25, 0.3) is 5.91 Å². The van der Waals surface area contributed by atoms with Crippen LogP contribution in [-0.2, 0) is 9.59 Å². The number of carboxylic acids is 1. The smallest absolute Gasteiger partial charge is 0.323 e. The van der Waals surface area contributed by atoms with Crippen LogP contribution in [0.5, 0.6) is 5.75 Å². The van der Waals surface area contributed by atoms with Crippen molar-refractivity contribution in [3.63, 3.8) is 0 Å². The molecule has 1 aliphatic rings. The van der Waals surface area contributed by atoms with Gasteiger partial charge in [-0.25, -0.2) is 4.68 Å². The molecule has 4 rings (SSSR count). The maximum absolute atomic E-state index is 12.7. The van der Waals surface area contributed by atoms with E-state index >= 15 is 0 Å². The van der Waals surface area contributed by atoms with Gasteiger partial charge in [-0.1, -0.05) is 42.2 Å². The van der Waals surface area contributed by atoms with E-state index in [-0.39, 0.29) is 4.32 Å². The van der Waals surface area contributed by atoms with E-state index in [2.05, 4.69) is 0 Å². The molecular weight excluding hydrogens is 434 g/mol. The second kappa shape index (κ2) is 8.75. The normalized spacial score (nSPS) is 15.0. The number of rotatable bonds is 6. The van der Waals surface area contributed by atoms with Crippen molar-refractivity contribution in [2.45, 2.75) is 0 Å². The Balaban J connectivity index is 1.78. The summed E-state index contributed by atoms with van der Waals surface area (Å²) in [7, 11) is 1.60. The molecule has 156 valence electrons. The molecule has 0 aliphatic carbocycles. The third kappa shape index (κ3) is 4.37. The van der Waals surface area contributed by atoms with E-state index in [0.29, 0.717) is 16.2 Å². The number of aromatic nitrogens is 2. The minimum absolute atomic E-state index is 0.222. The summed E-state index contributed by atoms with van der Waals surface area (Å²) in [5.74, 6) is -0.818. The van der Waals surface area contributed by atoms with Crippen LogP contribution in [0.25, 0.3) is 23.0 Å². The molecule has 3 aromatic rings. The second-order valence-electron chi connectivity index (χ2n) is 6.60. The highest BCUT2D eigenvalue weighted by Gasteiger charge is 2.33. The number of thiocarbonyl (C=S) groups is 1. The zero-order valence-electron chi connectivity index (χ0n) is 16.4. The average Bonchev–Trinajstić information content (AvgIpc) is 3.31. The molecule has 1 fully saturated rings. The van der Waals surface area contributed by atoms with E-state index in [1.807, 2.05) is 60.8 Å². The van der Waals surface area contributed by atoms with Crippen LogP contribution >= 0.6 is 24.0 Å². The summed E-state index contributed by atoms with van der Waals surface area (Å²) >= 11 is 6.28. The summed E-state index contributed by atoms with van der Waals surface area (Å²) in [6.07, 6.45) is 3.53. The average molecular weight is 452 g/mol. The number of carbonyl (C=O) groups is 2. The molecule has 1 N–H and O–H groups in total. The van der Waals surface area contributed by atoms with Crippen LogP contribution in [0.1, 0.15) is 5.56 Å². The number of amides is 1. The summed E-state index contributed by atoms with van der Waals surface area (Å²) in [5, 5.41) is 13.8. The molecule has 0 bridgehead atoms. The van der Waals surface area contributed by atoms with Crippen LogP contribution in [0.3, 0.4) is 0 Å². The first-order valence-corrected chi connectivity index (χ1v) is 10.5. The van der Waals surface area contributed by atoms with Crippen LogP contribution in [0.15, 0.2) is 65.7 Å². The maximum atomic E-state index is 12.7. The third-order valence-electron chi connectivity index (χ3n) is 4.58. The van der Waals surface area contributed by atoms with Crippen molar-refractivity contribution >= 4 is 46.3 Å². The Bertz CT molecular complexity index is 1190. The van der Waals surface area contributed by atoms with Crippen molar-refractivity contribution in [3.8, 4) is 22.7 Å². The zero-order chi connectivity index (χ0) is 22.0. The lowest BCUT2D eigenvalue weighted by Crippen LogP contribution is -2.33. The standard InChI is InChI=1S/C22H17N3O4S2/c1-29-17-9-7-14(8-10-17)20-15(12-25(23-20)16-5-3-2-4-6-16)11-18-21(28)24(13-19(26)27)22(30)31-18/h2-12H,13H2,1H3,(H,26,27)/b18-11+.